The summed E-state index contributed by atoms with van der Waals surface area (Å²) in [5.74, 6) is 0.0929. The highest BCUT2D eigenvalue weighted by Crippen LogP contribution is 2.27. The molecule has 0 N–H and O–H groups in total. The average Bonchev–Trinajstić information content (AvgIpc) is 2.53. The van der Waals surface area contributed by atoms with Crippen LogP contribution in [-0.2, 0) is 9.47 Å². The van der Waals surface area contributed by atoms with Crippen molar-refractivity contribution in [2.45, 2.75) is 32.5 Å². The third-order valence-electron chi connectivity index (χ3n) is 4.34. The van der Waals surface area contributed by atoms with Gasteiger partial charge in [0.1, 0.15) is 0 Å². The van der Waals surface area contributed by atoms with Gasteiger partial charge in [-0.1, -0.05) is 12.1 Å². The van der Waals surface area contributed by atoms with E-state index >= 15 is 0 Å². The van der Waals surface area contributed by atoms with Crippen LogP contribution in [0.15, 0.2) is 24.3 Å². The van der Waals surface area contributed by atoms with Gasteiger partial charge < -0.3 is 19.3 Å². The smallest absolute Gasteiger partial charge is 0.256 e. The maximum absolute atomic E-state index is 13.1. The van der Waals surface area contributed by atoms with E-state index in [1.165, 1.54) is 0 Å². The standard InChI is InChI=1S/C18H26N2O3/c1-14-12-20(13-18(2,3)23-14)17(21)15-6-4-5-7-16(15)19-8-10-22-11-9-19/h4-7,14H,8-13H2,1-3H3. The second kappa shape index (κ2) is 6.49. The first-order valence-electron chi connectivity index (χ1n) is 8.35. The fourth-order valence-corrected chi connectivity index (χ4v) is 3.51. The molecule has 3 rings (SSSR count). The van der Waals surface area contributed by atoms with E-state index < -0.39 is 0 Å². The summed E-state index contributed by atoms with van der Waals surface area (Å²) in [6, 6.07) is 7.90. The lowest BCUT2D eigenvalue weighted by molar-refractivity contribution is -0.118. The minimum absolute atomic E-state index is 0.0539. The van der Waals surface area contributed by atoms with Crippen LogP contribution in [0, 0.1) is 0 Å². The van der Waals surface area contributed by atoms with E-state index in [0.29, 0.717) is 26.3 Å². The number of carbonyl (C=O) groups excluding carboxylic acids is 1. The largest absolute Gasteiger partial charge is 0.378 e. The summed E-state index contributed by atoms with van der Waals surface area (Å²) in [6.45, 7) is 10.4. The quantitative estimate of drug-likeness (QED) is 0.838. The van der Waals surface area contributed by atoms with E-state index in [1.54, 1.807) is 0 Å². The van der Waals surface area contributed by atoms with Crippen molar-refractivity contribution in [1.82, 2.24) is 4.90 Å². The van der Waals surface area contributed by atoms with Gasteiger partial charge >= 0.3 is 0 Å². The second-order valence-corrected chi connectivity index (χ2v) is 6.99. The van der Waals surface area contributed by atoms with Gasteiger partial charge in [0.15, 0.2) is 0 Å². The molecule has 126 valence electrons. The zero-order valence-electron chi connectivity index (χ0n) is 14.2. The number of nitrogens with zero attached hydrogens (tertiary/aromatic N) is 2. The summed E-state index contributed by atoms with van der Waals surface area (Å²) in [6.07, 6.45) is 0.0539. The Bertz CT molecular complexity index is 567. The number of hydrogen-bond donors (Lipinski definition) is 0. The van der Waals surface area contributed by atoms with Crippen molar-refractivity contribution in [3.8, 4) is 0 Å². The van der Waals surface area contributed by atoms with Gasteiger partial charge in [-0.3, -0.25) is 4.79 Å². The fraction of sp³-hybridized carbons (Fsp3) is 0.611. The van der Waals surface area contributed by atoms with Crippen LogP contribution in [0.3, 0.4) is 0 Å². The first kappa shape index (κ1) is 16.3. The van der Waals surface area contributed by atoms with Crippen LogP contribution in [0.25, 0.3) is 0 Å². The fourth-order valence-electron chi connectivity index (χ4n) is 3.51. The highest BCUT2D eigenvalue weighted by Gasteiger charge is 2.35. The molecule has 5 nitrogen and oxygen atoms in total. The Hall–Kier alpha value is -1.59. The van der Waals surface area contributed by atoms with Crippen LogP contribution in [0.4, 0.5) is 5.69 Å². The molecule has 0 spiro atoms. The molecule has 0 aliphatic carbocycles. The van der Waals surface area contributed by atoms with Gasteiger partial charge in [0.25, 0.3) is 5.91 Å². The van der Waals surface area contributed by atoms with E-state index in [-0.39, 0.29) is 17.6 Å². The van der Waals surface area contributed by atoms with E-state index in [9.17, 15) is 4.79 Å². The number of morpholine rings is 2. The Balaban J connectivity index is 1.84. The molecule has 1 aromatic rings. The molecule has 1 amide bonds. The number of amides is 1. The van der Waals surface area contributed by atoms with Gasteiger partial charge in [-0.05, 0) is 32.9 Å². The zero-order chi connectivity index (χ0) is 16.4. The number of hydrogen-bond acceptors (Lipinski definition) is 4. The van der Waals surface area contributed by atoms with E-state index in [2.05, 4.69) is 4.90 Å². The van der Waals surface area contributed by atoms with Crippen molar-refractivity contribution >= 4 is 11.6 Å². The van der Waals surface area contributed by atoms with Crippen molar-refractivity contribution in [1.29, 1.82) is 0 Å². The number of para-hydroxylation sites is 1. The molecule has 2 aliphatic heterocycles. The van der Waals surface area contributed by atoms with E-state index in [4.69, 9.17) is 9.47 Å². The van der Waals surface area contributed by atoms with E-state index in [0.717, 1.165) is 24.3 Å². The summed E-state index contributed by atoms with van der Waals surface area (Å²) in [5, 5.41) is 0. The predicted octanol–water partition coefficient (Wildman–Crippen LogP) is 2.16. The molecule has 1 atom stereocenters. The van der Waals surface area contributed by atoms with Crippen molar-refractivity contribution in [3.05, 3.63) is 29.8 Å². The molecule has 0 bridgehead atoms. The van der Waals surface area contributed by atoms with Crippen molar-refractivity contribution < 1.29 is 14.3 Å². The van der Waals surface area contributed by atoms with Crippen LogP contribution in [0.5, 0.6) is 0 Å². The Kier molecular flexibility index (Phi) is 4.60. The van der Waals surface area contributed by atoms with Gasteiger partial charge in [-0.25, -0.2) is 0 Å². The molecule has 23 heavy (non-hydrogen) atoms. The number of anilines is 1. The lowest BCUT2D eigenvalue weighted by atomic mass is 10.0. The van der Waals surface area contributed by atoms with E-state index in [1.807, 2.05) is 49.9 Å². The molecular formula is C18H26N2O3. The van der Waals surface area contributed by atoms with Crippen molar-refractivity contribution in [3.63, 3.8) is 0 Å². The third kappa shape index (κ3) is 3.67. The van der Waals surface area contributed by atoms with Gasteiger partial charge in [0, 0.05) is 31.9 Å². The lowest BCUT2D eigenvalue weighted by Gasteiger charge is -2.42. The van der Waals surface area contributed by atoms with Crippen LogP contribution >= 0.6 is 0 Å². The van der Waals surface area contributed by atoms with Crippen molar-refractivity contribution in [2.24, 2.45) is 0 Å². The molecule has 0 aromatic heterocycles. The average molecular weight is 318 g/mol. The summed E-state index contributed by atoms with van der Waals surface area (Å²) in [5.41, 5.74) is 1.48. The van der Waals surface area contributed by atoms with Crippen LogP contribution in [-0.4, -0.2) is 61.9 Å². The van der Waals surface area contributed by atoms with Gasteiger partial charge in [-0.2, -0.15) is 0 Å². The summed E-state index contributed by atoms with van der Waals surface area (Å²) >= 11 is 0. The first-order chi connectivity index (χ1) is 11.0. The minimum atomic E-state index is -0.304. The maximum Gasteiger partial charge on any atom is 0.256 e. The maximum atomic E-state index is 13.1. The number of carbonyl (C=O) groups is 1. The van der Waals surface area contributed by atoms with Gasteiger partial charge in [-0.15, -0.1) is 0 Å². The molecule has 2 fully saturated rings. The molecule has 2 saturated heterocycles. The third-order valence-corrected chi connectivity index (χ3v) is 4.34. The SMILES string of the molecule is CC1CN(C(=O)c2ccccc2N2CCOCC2)CC(C)(C)O1. The molecule has 0 radical (unpaired) electrons. The first-order valence-corrected chi connectivity index (χ1v) is 8.35. The summed E-state index contributed by atoms with van der Waals surface area (Å²) < 4.78 is 11.3. The van der Waals surface area contributed by atoms with Crippen LogP contribution in [0.1, 0.15) is 31.1 Å². The normalized spacial score (nSPS) is 24.6. The monoisotopic (exact) mass is 318 g/mol. The second-order valence-electron chi connectivity index (χ2n) is 6.99. The van der Waals surface area contributed by atoms with Crippen molar-refractivity contribution in [2.75, 3.05) is 44.3 Å². The minimum Gasteiger partial charge on any atom is -0.378 e. The molecule has 5 heteroatoms. The Morgan fingerprint density at radius 2 is 1.91 bits per heavy atom. The van der Waals surface area contributed by atoms with Gasteiger partial charge in [0.2, 0.25) is 0 Å². The Labute approximate surface area is 138 Å². The highest BCUT2D eigenvalue weighted by molar-refractivity contribution is 6.00. The number of rotatable bonds is 2. The zero-order valence-corrected chi connectivity index (χ0v) is 14.2. The lowest BCUT2D eigenvalue weighted by Crippen LogP contribution is -2.54. The highest BCUT2D eigenvalue weighted by atomic mass is 16.5. The summed E-state index contributed by atoms with van der Waals surface area (Å²) in [4.78, 5) is 17.3. The molecular weight excluding hydrogens is 292 g/mol. The molecule has 1 unspecified atom stereocenters. The van der Waals surface area contributed by atoms with Crippen LogP contribution < -0.4 is 4.90 Å². The number of benzene rings is 1. The molecule has 2 heterocycles. The topological polar surface area (TPSA) is 42.0 Å². The summed E-state index contributed by atoms with van der Waals surface area (Å²) in [7, 11) is 0. The molecule has 1 aromatic carbocycles. The number of ether oxygens (including phenoxy) is 2. The predicted molar refractivity (Wildman–Crippen MR) is 90.0 cm³/mol. The molecule has 2 aliphatic rings. The van der Waals surface area contributed by atoms with Crippen LogP contribution in [0.2, 0.25) is 0 Å². The molecule has 0 saturated carbocycles. The Morgan fingerprint density at radius 3 is 2.61 bits per heavy atom. The van der Waals surface area contributed by atoms with Gasteiger partial charge in [0.05, 0.1) is 30.5 Å². The Morgan fingerprint density at radius 1 is 1.22 bits per heavy atom.